The van der Waals surface area contributed by atoms with Crippen molar-refractivity contribution in [3.05, 3.63) is 0 Å². The van der Waals surface area contributed by atoms with Crippen LogP contribution in [0.5, 0.6) is 0 Å². The molecule has 0 aromatic rings. The molecule has 1 aliphatic heterocycles. The van der Waals surface area contributed by atoms with Gasteiger partial charge in [-0.15, -0.1) is 0 Å². The van der Waals surface area contributed by atoms with Gasteiger partial charge in [0.15, 0.2) is 0 Å². The lowest BCUT2D eigenvalue weighted by Crippen LogP contribution is -2.50. The summed E-state index contributed by atoms with van der Waals surface area (Å²) < 4.78 is 0. The highest BCUT2D eigenvalue weighted by molar-refractivity contribution is 6.06. The quantitative estimate of drug-likeness (QED) is 0.777. The van der Waals surface area contributed by atoms with E-state index in [-0.39, 0.29) is 18.4 Å². The number of β-amino-alcohol motifs (C(OH)–C–C–N with tert-alkyl or cyclic N) is 1. The fourth-order valence-corrected chi connectivity index (χ4v) is 3.85. The van der Waals surface area contributed by atoms with Gasteiger partial charge in [0.2, 0.25) is 11.8 Å². The Bertz CT molecular complexity index is 392. The smallest absolute Gasteiger partial charge is 0.236 e. The standard InChI is InChI=1S/C15H23NO3/c17-12-10-14(6-3-1-2-4-7-14)13(18)16(12)11-15(19)8-5-9-15/h19H,1-11H2. The highest BCUT2D eigenvalue weighted by Gasteiger charge is 2.53. The van der Waals surface area contributed by atoms with E-state index in [2.05, 4.69) is 0 Å². The molecule has 2 saturated carbocycles. The van der Waals surface area contributed by atoms with Crippen molar-refractivity contribution in [2.45, 2.75) is 69.8 Å². The second kappa shape index (κ2) is 4.58. The molecule has 3 aliphatic rings. The number of rotatable bonds is 2. The largest absolute Gasteiger partial charge is 0.388 e. The lowest BCUT2D eigenvalue weighted by molar-refractivity contribution is -0.148. The van der Waals surface area contributed by atoms with E-state index in [1.54, 1.807) is 0 Å². The number of carbonyl (C=O) groups excluding carboxylic acids is 2. The minimum Gasteiger partial charge on any atom is -0.388 e. The number of carbonyl (C=O) groups is 2. The molecule has 1 saturated heterocycles. The number of imide groups is 1. The van der Waals surface area contributed by atoms with Crippen molar-refractivity contribution in [1.29, 1.82) is 0 Å². The number of nitrogens with zero attached hydrogens (tertiary/aromatic N) is 1. The van der Waals surface area contributed by atoms with E-state index in [1.165, 1.54) is 17.7 Å². The fraction of sp³-hybridized carbons (Fsp3) is 0.867. The highest BCUT2D eigenvalue weighted by Crippen LogP contribution is 2.45. The third-order valence-corrected chi connectivity index (χ3v) is 5.29. The Morgan fingerprint density at radius 1 is 0.947 bits per heavy atom. The van der Waals surface area contributed by atoms with E-state index in [0.29, 0.717) is 6.42 Å². The van der Waals surface area contributed by atoms with Crippen LogP contribution >= 0.6 is 0 Å². The maximum atomic E-state index is 12.7. The Balaban J connectivity index is 1.76. The molecule has 0 aromatic carbocycles. The van der Waals surface area contributed by atoms with Gasteiger partial charge >= 0.3 is 0 Å². The van der Waals surface area contributed by atoms with Crippen molar-refractivity contribution in [2.75, 3.05) is 6.54 Å². The van der Waals surface area contributed by atoms with Gasteiger partial charge in [-0.3, -0.25) is 14.5 Å². The first-order valence-corrected chi connectivity index (χ1v) is 7.62. The van der Waals surface area contributed by atoms with Gasteiger partial charge in [0, 0.05) is 6.42 Å². The molecule has 0 bridgehead atoms. The van der Waals surface area contributed by atoms with Crippen LogP contribution in [-0.2, 0) is 9.59 Å². The Morgan fingerprint density at radius 2 is 1.58 bits per heavy atom. The molecule has 1 N–H and O–H groups in total. The summed E-state index contributed by atoms with van der Waals surface area (Å²) in [6, 6.07) is 0. The predicted molar refractivity (Wildman–Crippen MR) is 70.3 cm³/mol. The van der Waals surface area contributed by atoms with Gasteiger partial charge in [0.25, 0.3) is 0 Å². The zero-order valence-corrected chi connectivity index (χ0v) is 11.5. The zero-order valence-electron chi connectivity index (χ0n) is 11.5. The molecule has 4 heteroatoms. The maximum Gasteiger partial charge on any atom is 0.236 e. The van der Waals surface area contributed by atoms with E-state index in [4.69, 9.17) is 0 Å². The molecular formula is C15H23NO3. The van der Waals surface area contributed by atoms with Crippen molar-refractivity contribution in [3.63, 3.8) is 0 Å². The van der Waals surface area contributed by atoms with E-state index in [1.807, 2.05) is 0 Å². The third-order valence-electron chi connectivity index (χ3n) is 5.29. The van der Waals surface area contributed by atoms with Gasteiger partial charge in [-0.25, -0.2) is 0 Å². The summed E-state index contributed by atoms with van der Waals surface area (Å²) in [5, 5.41) is 10.2. The second-order valence-electron chi connectivity index (χ2n) is 6.73. The summed E-state index contributed by atoms with van der Waals surface area (Å²) in [6.07, 6.45) is 8.97. The molecule has 2 amide bonds. The van der Waals surface area contributed by atoms with Gasteiger partial charge in [-0.1, -0.05) is 25.7 Å². The van der Waals surface area contributed by atoms with Crippen molar-refractivity contribution in [3.8, 4) is 0 Å². The van der Waals surface area contributed by atoms with Crippen molar-refractivity contribution in [2.24, 2.45) is 5.41 Å². The summed E-state index contributed by atoms with van der Waals surface area (Å²) >= 11 is 0. The molecule has 106 valence electrons. The first kappa shape index (κ1) is 13.1. The lowest BCUT2D eigenvalue weighted by Gasteiger charge is -2.39. The molecule has 0 radical (unpaired) electrons. The molecule has 0 unspecified atom stereocenters. The van der Waals surface area contributed by atoms with Crippen LogP contribution in [0, 0.1) is 5.41 Å². The average Bonchev–Trinajstić information content (AvgIpc) is 2.55. The van der Waals surface area contributed by atoms with E-state index < -0.39 is 11.0 Å². The summed E-state index contributed by atoms with van der Waals surface area (Å²) in [4.78, 5) is 26.2. The van der Waals surface area contributed by atoms with Gasteiger partial charge < -0.3 is 5.11 Å². The number of hydrogen-bond acceptors (Lipinski definition) is 3. The number of aliphatic hydroxyl groups is 1. The Hall–Kier alpha value is -0.900. The maximum absolute atomic E-state index is 12.7. The molecule has 19 heavy (non-hydrogen) atoms. The molecule has 2 aliphatic carbocycles. The van der Waals surface area contributed by atoms with Crippen LogP contribution in [0.2, 0.25) is 0 Å². The van der Waals surface area contributed by atoms with Crippen LogP contribution in [0.3, 0.4) is 0 Å². The minimum atomic E-state index is -0.790. The normalized spacial score (nSPS) is 29.4. The number of likely N-dealkylation sites (tertiary alicyclic amines) is 1. The van der Waals surface area contributed by atoms with Gasteiger partial charge in [0.1, 0.15) is 0 Å². The van der Waals surface area contributed by atoms with Crippen LogP contribution in [0.4, 0.5) is 0 Å². The van der Waals surface area contributed by atoms with Gasteiger partial charge in [0.05, 0.1) is 17.6 Å². The predicted octanol–water partition coefficient (Wildman–Crippen LogP) is 2.00. The van der Waals surface area contributed by atoms with Crippen LogP contribution < -0.4 is 0 Å². The molecule has 1 heterocycles. The number of amides is 2. The van der Waals surface area contributed by atoms with Gasteiger partial charge in [-0.2, -0.15) is 0 Å². The van der Waals surface area contributed by atoms with Crippen LogP contribution in [0.1, 0.15) is 64.2 Å². The Labute approximate surface area is 114 Å². The molecular weight excluding hydrogens is 242 g/mol. The third kappa shape index (κ3) is 2.20. The monoisotopic (exact) mass is 265 g/mol. The zero-order chi connectivity index (χ0) is 13.5. The van der Waals surface area contributed by atoms with E-state index >= 15 is 0 Å². The second-order valence-corrected chi connectivity index (χ2v) is 6.73. The summed E-state index contributed by atoms with van der Waals surface area (Å²) in [7, 11) is 0. The number of hydrogen-bond donors (Lipinski definition) is 1. The average molecular weight is 265 g/mol. The van der Waals surface area contributed by atoms with Crippen molar-refractivity contribution < 1.29 is 14.7 Å². The van der Waals surface area contributed by atoms with Crippen molar-refractivity contribution >= 4 is 11.8 Å². The minimum absolute atomic E-state index is 0.000255. The fourth-order valence-electron chi connectivity index (χ4n) is 3.85. The first-order chi connectivity index (χ1) is 9.05. The highest BCUT2D eigenvalue weighted by atomic mass is 16.3. The molecule has 1 spiro atoms. The molecule has 3 rings (SSSR count). The Morgan fingerprint density at radius 3 is 2.11 bits per heavy atom. The molecule has 4 nitrogen and oxygen atoms in total. The summed E-state index contributed by atoms with van der Waals surface area (Å²) in [6.45, 7) is 0.229. The van der Waals surface area contributed by atoms with E-state index in [0.717, 1.165) is 44.9 Å². The SMILES string of the molecule is O=C1CC2(CCCCCC2)C(=O)N1CC1(O)CCC1. The first-order valence-electron chi connectivity index (χ1n) is 7.62. The van der Waals surface area contributed by atoms with E-state index in [9.17, 15) is 14.7 Å². The summed E-state index contributed by atoms with van der Waals surface area (Å²) in [5.41, 5.74) is -1.21. The summed E-state index contributed by atoms with van der Waals surface area (Å²) in [5.74, 6) is -0.0630. The van der Waals surface area contributed by atoms with Crippen LogP contribution in [0.15, 0.2) is 0 Å². The topological polar surface area (TPSA) is 57.6 Å². The van der Waals surface area contributed by atoms with Gasteiger partial charge in [-0.05, 0) is 32.1 Å². The molecule has 0 aromatic heterocycles. The van der Waals surface area contributed by atoms with Crippen molar-refractivity contribution in [1.82, 2.24) is 4.90 Å². The molecule has 0 atom stereocenters. The Kier molecular flexibility index (Phi) is 3.16. The lowest BCUT2D eigenvalue weighted by atomic mass is 9.78. The van der Waals surface area contributed by atoms with Crippen LogP contribution in [0.25, 0.3) is 0 Å². The molecule has 3 fully saturated rings. The van der Waals surface area contributed by atoms with Crippen LogP contribution in [-0.4, -0.2) is 34.0 Å².